The van der Waals surface area contributed by atoms with E-state index in [4.69, 9.17) is 11.6 Å². The zero-order chi connectivity index (χ0) is 14.1. The summed E-state index contributed by atoms with van der Waals surface area (Å²) in [6.07, 6.45) is 0. The van der Waals surface area contributed by atoms with Crippen molar-refractivity contribution in [1.82, 2.24) is 4.98 Å². The number of aromatic carboxylic acids is 1. The van der Waals surface area contributed by atoms with Crippen LogP contribution in [0, 0.1) is 0 Å². The lowest BCUT2D eigenvalue weighted by Crippen LogP contribution is -1.97. The Kier molecular flexibility index (Phi) is 3.42. The molecule has 0 bridgehead atoms. The molecule has 1 aromatic heterocycles. The highest BCUT2D eigenvalue weighted by Crippen LogP contribution is 2.37. The largest absolute Gasteiger partial charge is 0.477 e. The third kappa shape index (κ3) is 2.40. The molecule has 2 aromatic carbocycles. The molecule has 0 aliphatic carbocycles. The molecule has 20 heavy (non-hydrogen) atoms. The average Bonchev–Trinajstić information content (AvgIpc) is 2.78. The van der Waals surface area contributed by atoms with Gasteiger partial charge in [-0.1, -0.05) is 41.6 Å². The Balaban J connectivity index is 2.18. The molecule has 100 valence electrons. The molecule has 0 spiro atoms. The van der Waals surface area contributed by atoms with Crippen molar-refractivity contribution < 1.29 is 9.90 Å². The molecule has 0 unspecified atom stereocenters. The van der Waals surface area contributed by atoms with Crippen LogP contribution in [-0.2, 0) is 0 Å². The molecule has 0 aliphatic heterocycles. The van der Waals surface area contributed by atoms with E-state index >= 15 is 0 Å². The Morgan fingerprint density at radius 1 is 1.15 bits per heavy atom. The summed E-state index contributed by atoms with van der Waals surface area (Å²) in [6.45, 7) is 0. The van der Waals surface area contributed by atoms with Gasteiger partial charge in [-0.3, -0.25) is 0 Å². The number of carboxylic acids is 1. The molecular formula is C15H10ClNO2S. The summed E-state index contributed by atoms with van der Waals surface area (Å²) in [5.74, 6) is -0.976. The molecule has 0 atom stereocenters. The van der Waals surface area contributed by atoms with Crippen molar-refractivity contribution in [2.24, 2.45) is 0 Å². The van der Waals surface area contributed by atoms with Crippen LogP contribution in [0.2, 0.25) is 5.02 Å². The van der Waals surface area contributed by atoms with E-state index in [9.17, 15) is 9.90 Å². The fourth-order valence-corrected chi connectivity index (χ4v) is 3.22. The number of fused-ring (bicyclic) bond motifs is 1. The van der Waals surface area contributed by atoms with Gasteiger partial charge >= 0.3 is 5.97 Å². The van der Waals surface area contributed by atoms with Gasteiger partial charge in [0.15, 0.2) is 0 Å². The smallest absolute Gasteiger partial charge is 0.353 e. The molecule has 0 fully saturated rings. The van der Waals surface area contributed by atoms with Crippen molar-refractivity contribution >= 4 is 40.2 Å². The van der Waals surface area contributed by atoms with Gasteiger partial charge in [-0.15, -0.1) is 0 Å². The van der Waals surface area contributed by atoms with Crippen LogP contribution in [0.5, 0.6) is 0 Å². The maximum atomic E-state index is 11.4. The minimum absolute atomic E-state index is 0.191. The van der Waals surface area contributed by atoms with Crippen LogP contribution in [-0.4, -0.2) is 16.1 Å². The molecule has 5 heteroatoms. The second kappa shape index (κ2) is 5.23. The Hall–Kier alpha value is -1.91. The minimum Gasteiger partial charge on any atom is -0.477 e. The van der Waals surface area contributed by atoms with Crippen molar-refractivity contribution in [2.45, 2.75) is 9.79 Å². The van der Waals surface area contributed by atoms with Crippen molar-refractivity contribution in [3.8, 4) is 0 Å². The van der Waals surface area contributed by atoms with Crippen LogP contribution in [0.15, 0.2) is 58.3 Å². The van der Waals surface area contributed by atoms with Gasteiger partial charge in [0.1, 0.15) is 5.69 Å². The van der Waals surface area contributed by atoms with Crippen molar-refractivity contribution in [3.63, 3.8) is 0 Å². The number of benzene rings is 2. The summed E-state index contributed by atoms with van der Waals surface area (Å²) < 4.78 is 0. The fourth-order valence-electron chi connectivity index (χ4n) is 2.00. The first kappa shape index (κ1) is 13.1. The van der Waals surface area contributed by atoms with Crippen molar-refractivity contribution in [1.29, 1.82) is 0 Å². The number of aromatic nitrogens is 1. The third-order valence-corrected chi connectivity index (χ3v) is 4.26. The zero-order valence-electron chi connectivity index (χ0n) is 10.3. The van der Waals surface area contributed by atoms with E-state index in [1.54, 1.807) is 18.2 Å². The van der Waals surface area contributed by atoms with Gasteiger partial charge < -0.3 is 10.1 Å². The first-order chi connectivity index (χ1) is 9.65. The standard InChI is InChI=1S/C15H10ClNO2S/c16-9-6-7-12-11(8-9)14(13(17-12)15(18)19)20-10-4-2-1-3-5-10/h1-8,17H,(H,18,19). The molecule has 0 saturated heterocycles. The number of hydrogen-bond donors (Lipinski definition) is 2. The zero-order valence-corrected chi connectivity index (χ0v) is 11.8. The van der Waals surface area contributed by atoms with Gasteiger partial charge in [-0.25, -0.2) is 4.79 Å². The lowest BCUT2D eigenvalue weighted by atomic mass is 10.2. The van der Waals surface area contributed by atoms with Crippen LogP contribution >= 0.6 is 23.4 Å². The van der Waals surface area contributed by atoms with E-state index in [-0.39, 0.29) is 5.69 Å². The first-order valence-electron chi connectivity index (χ1n) is 5.92. The molecule has 3 nitrogen and oxygen atoms in total. The molecule has 2 N–H and O–H groups in total. The molecule has 3 aromatic rings. The quantitative estimate of drug-likeness (QED) is 0.739. The second-order valence-electron chi connectivity index (χ2n) is 4.24. The van der Waals surface area contributed by atoms with Crippen LogP contribution < -0.4 is 0 Å². The highest BCUT2D eigenvalue weighted by Gasteiger charge is 2.18. The Morgan fingerprint density at radius 2 is 1.90 bits per heavy atom. The first-order valence-corrected chi connectivity index (χ1v) is 7.12. The number of carboxylic acid groups (broad SMARTS) is 1. The highest BCUT2D eigenvalue weighted by atomic mass is 35.5. The van der Waals surface area contributed by atoms with E-state index in [2.05, 4.69) is 4.98 Å². The summed E-state index contributed by atoms with van der Waals surface area (Å²) in [6, 6.07) is 15.0. The van der Waals surface area contributed by atoms with Gasteiger partial charge in [-0.05, 0) is 30.3 Å². The monoisotopic (exact) mass is 303 g/mol. The average molecular weight is 304 g/mol. The van der Waals surface area contributed by atoms with E-state index < -0.39 is 5.97 Å². The molecule has 0 aliphatic rings. The molecule has 1 heterocycles. The Morgan fingerprint density at radius 3 is 2.60 bits per heavy atom. The SMILES string of the molecule is O=C(O)c1[nH]c2ccc(Cl)cc2c1Sc1ccccc1. The van der Waals surface area contributed by atoms with Crippen LogP contribution in [0.4, 0.5) is 0 Å². The summed E-state index contributed by atoms with van der Waals surface area (Å²) >= 11 is 7.43. The molecule has 3 rings (SSSR count). The van der Waals surface area contributed by atoms with Crippen molar-refractivity contribution in [2.75, 3.05) is 0 Å². The summed E-state index contributed by atoms with van der Waals surface area (Å²) in [5.41, 5.74) is 0.960. The van der Waals surface area contributed by atoms with Gasteiger partial charge in [0.2, 0.25) is 0 Å². The molecule has 0 saturated carbocycles. The Bertz CT molecular complexity index is 783. The van der Waals surface area contributed by atoms with Crippen LogP contribution in [0.3, 0.4) is 0 Å². The Labute approximate surface area is 124 Å². The van der Waals surface area contributed by atoms with Gasteiger partial charge in [0, 0.05) is 20.8 Å². The summed E-state index contributed by atoms with van der Waals surface area (Å²) in [4.78, 5) is 16.0. The van der Waals surface area contributed by atoms with E-state index in [0.29, 0.717) is 9.92 Å². The predicted octanol–water partition coefficient (Wildman–Crippen LogP) is 4.67. The summed E-state index contributed by atoms with van der Waals surface area (Å²) in [7, 11) is 0. The third-order valence-electron chi connectivity index (χ3n) is 2.89. The van der Waals surface area contributed by atoms with Crippen LogP contribution in [0.1, 0.15) is 10.5 Å². The number of hydrogen-bond acceptors (Lipinski definition) is 2. The topological polar surface area (TPSA) is 53.1 Å². The number of halogens is 1. The number of carbonyl (C=O) groups is 1. The maximum absolute atomic E-state index is 11.4. The maximum Gasteiger partial charge on any atom is 0.353 e. The lowest BCUT2D eigenvalue weighted by Gasteiger charge is -2.02. The summed E-state index contributed by atoms with van der Waals surface area (Å²) in [5, 5.41) is 10.7. The van der Waals surface area contributed by atoms with E-state index in [0.717, 1.165) is 15.8 Å². The predicted molar refractivity (Wildman–Crippen MR) is 80.8 cm³/mol. The van der Waals surface area contributed by atoms with E-state index in [1.165, 1.54) is 11.8 Å². The van der Waals surface area contributed by atoms with E-state index in [1.807, 2.05) is 30.3 Å². The number of rotatable bonds is 3. The number of aromatic amines is 1. The lowest BCUT2D eigenvalue weighted by molar-refractivity contribution is 0.0688. The van der Waals surface area contributed by atoms with Crippen LogP contribution in [0.25, 0.3) is 10.9 Å². The van der Waals surface area contributed by atoms with Gasteiger partial charge in [0.25, 0.3) is 0 Å². The molecular weight excluding hydrogens is 294 g/mol. The number of H-pyrrole nitrogens is 1. The van der Waals surface area contributed by atoms with Crippen molar-refractivity contribution in [3.05, 3.63) is 59.2 Å². The minimum atomic E-state index is -0.976. The normalized spacial score (nSPS) is 10.8. The number of nitrogens with one attached hydrogen (secondary N) is 1. The van der Waals surface area contributed by atoms with Gasteiger partial charge in [-0.2, -0.15) is 0 Å². The van der Waals surface area contributed by atoms with Gasteiger partial charge in [0.05, 0.1) is 4.90 Å². The highest BCUT2D eigenvalue weighted by molar-refractivity contribution is 7.99. The molecule has 0 radical (unpaired) electrons. The molecule has 0 amide bonds. The fraction of sp³-hybridized carbons (Fsp3) is 0. The second-order valence-corrected chi connectivity index (χ2v) is 5.76.